The van der Waals surface area contributed by atoms with Crippen LogP contribution in [0.25, 0.3) is 0 Å². The first kappa shape index (κ1) is 11.7. The first-order valence-corrected chi connectivity index (χ1v) is 5.94. The van der Waals surface area contributed by atoms with E-state index in [0.29, 0.717) is 19.8 Å². The molecule has 0 bridgehead atoms. The van der Waals surface area contributed by atoms with Gasteiger partial charge in [0.1, 0.15) is 0 Å². The Hall–Kier alpha value is -0.780. The predicted octanol–water partition coefficient (Wildman–Crippen LogP) is 2.26. The summed E-state index contributed by atoms with van der Waals surface area (Å²) in [6, 6.07) is 3.91. The standard InChI is InChI=1S/C11H14BrNO3/c1-14-13-7-8-5-10-11(6-9(8)12)16-4-2-3-15-10/h5-6,13H,2-4,7H2,1H3. The van der Waals surface area contributed by atoms with Crippen molar-refractivity contribution in [3.63, 3.8) is 0 Å². The number of rotatable bonds is 3. The number of hydrogen-bond donors (Lipinski definition) is 1. The molecule has 0 unspecified atom stereocenters. The zero-order chi connectivity index (χ0) is 11.4. The lowest BCUT2D eigenvalue weighted by atomic mass is 10.2. The molecule has 0 spiro atoms. The molecule has 16 heavy (non-hydrogen) atoms. The average Bonchev–Trinajstić information content (AvgIpc) is 2.50. The summed E-state index contributed by atoms with van der Waals surface area (Å²) in [5.41, 5.74) is 3.88. The van der Waals surface area contributed by atoms with Gasteiger partial charge in [-0.1, -0.05) is 15.9 Å². The van der Waals surface area contributed by atoms with Crippen molar-refractivity contribution in [2.45, 2.75) is 13.0 Å². The fraction of sp³-hybridized carbons (Fsp3) is 0.455. The van der Waals surface area contributed by atoms with Crippen molar-refractivity contribution in [3.8, 4) is 11.5 Å². The van der Waals surface area contributed by atoms with E-state index in [0.717, 1.165) is 28.0 Å². The van der Waals surface area contributed by atoms with Crippen LogP contribution in [0.2, 0.25) is 0 Å². The Morgan fingerprint density at radius 1 is 1.31 bits per heavy atom. The van der Waals surface area contributed by atoms with Crippen LogP contribution in [0.3, 0.4) is 0 Å². The van der Waals surface area contributed by atoms with E-state index in [1.807, 2.05) is 12.1 Å². The Kier molecular flexibility index (Phi) is 4.04. The largest absolute Gasteiger partial charge is 0.490 e. The molecule has 0 saturated carbocycles. The second-order valence-electron chi connectivity index (χ2n) is 3.47. The Bertz CT molecular complexity index is 370. The summed E-state index contributed by atoms with van der Waals surface area (Å²) in [7, 11) is 1.59. The van der Waals surface area contributed by atoms with E-state index in [2.05, 4.69) is 21.4 Å². The quantitative estimate of drug-likeness (QED) is 0.866. The molecule has 0 atom stereocenters. The van der Waals surface area contributed by atoms with Gasteiger partial charge in [-0.15, -0.1) is 0 Å². The molecule has 88 valence electrons. The van der Waals surface area contributed by atoms with Crippen LogP contribution in [0.1, 0.15) is 12.0 Å². The number of halogens is 1. The van der Waals surface area contributed by atoms with Crippen molar-refractivity contribution in [1.82, 2.24) is 5.48 Å². The van der Waals surface area contributed by atoms with Crippen LogP contribution in [0.4, 0.5) is 0 Å². The summed E-state index contributed by atoms with van der Waals surface area (Å²) in [5.74, 6) is 1.60. The highest BCUT2D eigenvalue weighted by molar-refractivity contribution is 9.10. The smallest absolute Gasteiger partial charge is 0.162 e. The monoisotopic (exact) mass is 287 g/mol. The summed E-state index contributed by atoms with van der Waals surface area (Å²) in [6.07, 6.45) is 0.915. The van der Waals surface area contributed by atoms with Crippen LogP contribution < -0.4 is 15.0 Å². The van der Waals surface area contributed by atoms with Crippen LogP contribution in [-0.4, -0.2) is 20.3 Å². The van der Waals surface area contributed by atoms with E-state index in [-0.39, 0.29) is 0 Å². The van der Waals surface area contributed by atoms with Gasteiger partial charge in [0.25, 0.3) is 0 Å². The molecule has 0 saturated heterocycles. The molecule has 0 aliphatic carbocycles. The van der Waals surface area contributed by atoms with Gasteiger partial charge in [-0.25, -0.2) is 0 Å². The number of hydroxylamine groups is 1. The summed E-state index contributed by atoms with van der Waals surface area (Å²) < 4.78 is 12.2. The predicted molar refractivity (Wildman–Crippen MR) is 63.6 cm³/mol. The minimum Gasteiger partial charge on any atom is -0.490 e. The lowest BCUT2D eigenvalue weighted by molar-refractivity contribution is 0.0865. The summed E-state index contributed by atoms with van der Waals surface area (Å²) >= 11 is 3.50. The zero-order valence-corrected chi connectivity index (χ0v) is 10.7. The number of ether oxygens (including phenoxy) is 2. The van der Waals surface area contributed by atoms with Crippen LogP contribution in [0, 0.1) is 0 Å². The highest BCUT2D eigenvalue weighted by Gasteiger charge is 2.13. The molecule has 1 heterocycles. The summed E-state index contributed by atoms with van der Waals surface area (Å²) in [6.45, 7) is 2.02. The van der Waals surface area contributed by atoms with Gasteiger partial charge in [0.2, 0.25) is 0 Å². The van der Waals surface area contributed by atoms with E-state index < -0.39 is 0 Å². The Morgan fingerprint density at radius 3 is 2.69 bits per heavy atom. The Labute approximate surface area is 103 Å². The first-order chi connectivity index (χ1) is 7.81. The highest BCUT2D eigenvalue weighted by Crippen LogP contribution is 2.35. The van der Waals surface area contributed by atoms with Crippen molar-refractivity contribution in [1.29, 1.82) is 0 Å². The topological polar surface area (TPSA) is 39.7 Å². The molecule has 1 aliphatic rings. The van der Waals surface area contributed by atoms with Gasteiger partial charge in [0, 0.05) is 17.4 Å². The third kappa shape index (κ3) is 2.66. The highest BCUT2D eigenvalue weighted by atomic mass is 79.9. The van der Waals surface area contributed by atoms with Gasteiger partial charge >= 0.3 is 0 Å². The van der Waals surface area contributed by atoms with Crippen molar-refractivity contribution in [2.24, 2.45) is 0 Å². The number of hydrogen-bond acceptors (Lipinski definition) is 4. The van der Waals surface area contributed by atoms with Crippen LogP contribution in [-0.2, 0) is 11.4 Å². The fourth-order valence-electron chi connectivity index (χ4n) is 1.51. The molecule has 2 rings (SSSR count). The van der Waals surface area contributed by atoms with E-state index >= 15 is 0 Å². The first-order valence-electron chi connectivity index (χ1n) is 5.15. The van der Waals surface area contributed by atoms with Crippen LogP contribution in [0.5, 0.6) is 11.5 Å². The molecule has 1 N–H and O–H groups in total. The minimum atomic E-state index is 0.619. The van der Waals surface area contributed by atoms with Gasteiger partial charge in [0.05, 0.1) is 20.3 Å². The molecule has 0 amide bonds. The number of nitrogens with one attached hydrogen (secondary N) is 1. The van der Waals surface area contributed by atoms with Gasteiger partial charge in [-0.2, -0.15) is 5.48 Å². The summed E-state index contributed by atoms with van der Waals surface area (Å²) in [4.78, 5) is 4.83. The SMILES string of the molecule is CONCc1cc2c(cc1Br)OCCCO2. The summed E-state index contributed by atoms with van der Waals surface area (Å²) in [5, 5.41) is 0. The Morgan fingerprint density at radius 2 is 2.00 bits per heavy atom. The maximum Gasteiger partial charge on any atom is 0.162 e. The van der Waals surface area contributed by atoms with Crippen LogP contribution in [0.15, 0.2) is 16.6 Å². The van der Waals surface area contributed by atoms with Gasteiger partial charge in [0.15, 0.2) is 11.5 Å². The second kappa shape index (κ2) is 5.52. The molecule has 0 fully saturated rings. The van der Waals surface area contributed by atoms with E-state index in [1.54, 1.807) is 7.11 Å². The maximum absolute atomic E-state index is 5.61. The Balaban J connectivity index is 2.24. The molecule has 4 nitrogen and oxygen atoms in total. The van der Waals surface area contributed by atoms with Crippen LogP contribution >= 0.6 is 15.9 Å². The normalized spacial score (nSPS) is 14.6. The van der Waals surface area contributed by atoms with E-state index in [1.165, 1.54) is 0 Å². The molecule has 0 radical (unpaired) electrons. The molecule has 5 heteroatoms. The second-order valence-corrected chi connectivity index (χ2v) is 4.32. The molecule has 1 aromatic rings. The van der Waals surface area contributed by atoms with Gasteiger partial charge in [-0.05, 0) is 17.7 Å². The minimum absolute atomic E-state index is 0.619. The molecular formula is C11H14BrNO3. The number of benzene rings is 1. The maximum atomic E-state index is 5.61. The van der Waals surface area contributed by atoms with E-state index in [9.17, 15) is 0 Å². The molecule has 0 aromatic heterocycles. The van der Waals surface area contributed by atoms with Crippen molar-refractivity contribution in [2.75, 3.05) is 20.3 Å². The van der Waals surface area contributed by atoms with Crippen molar-refractivity contribution in [3.05, 3.63) is 22.2 Å². The lowest BCUT2D eigenvalue weighted by Crippen LogP contribution is -2.11. The zero-order valence-electron chi connectivity index (χ0n) is 9.09. The van der Waals surface area contributed by atoms with Gasteiger partial charge in [-0.3, -0.25) is 0 Å². The van der Waals surface area contributed by atoms with Gasteiger partial charge < -0.3 is 14.3 Å². The average molecular weight is 288 g/mol. The lowest BCUT2D eigenvalue weighted by Gasteiger charge is -2.11. The third-order valence-corrected chi connectivity index (χ3v) is 3.06. The number of fused-ring (bicyclic) bond motifs is 1. The third-order valence-electron chi connectivity index (χ3n) is 2.32. The fourth-order valence-corrected chi connectivity index (χ4v) is 1.97. The van der Waals surface area contributed by atoms with Crippen molar-refractivity contribution >= 4 is 15.9 Å². The van der Waals surface area contributed by atoms with Crippen molar-refractivity contribution < 1.29 is 14.3 Å². The molecular weight excluding hydrogens is 274 g/mol. The molecule has 1 aromatic carbocycles. The van der Waals surface area contributed by atoms with E-state index in [4.69, 9.17) is 14.3 Å². The molecule has 1 aliphatic heterocycles.